The van der Waals surface area contributed by atoms with Crippen LogP contribution in [-0.2, 0) is 0 Å². The third kappa shape index (κ3) is 5.39. The van der Waals surface area contributed by atoms with Crippen LogP contribution in [0.5, 0.6) is 0 Å². The van der Waals surface area contributed by atoms with Crippen LogP contribution >= 0.6 is 0 Å². The zero-order valence-corrected chi connectivity index (χ0v) is 12.8. The summed E-state index contributed by atoms with van der Waals surface area (Å²) >= 11 is 0. The van der Waals surface area contributed by atoms with E-state index in [-0.39, 0.29) is 5.54 Å². The molecule has 2 nitrogen and oxygen atoms in total. The van der Waals surface area contributed by atoms with Crippen LogP contribution < -0.4 is 11.1 Å². The van der Waals surface area contributed by atoms with Crippen molar-refractivity contribution in [2.45, 2.75) is 66.3 Å². The van der Waals surface area contributed by atoms with Crippen molar-refractivity contribution in [2.24, 2.45) is 23.5 Å². The van der Waals surface area contributed by atoms with Crippen molar-refractivity contribution in [3.8, 4) is 0 Å². The Morgan fingerprint density at radius 3 is 1.88 bits per heavy atom. The highest BCUT2D eigenvalue weighted by atomic mass is 15.0. The van der Waals surface area contributed by atoms with Crippen molar-refractivity contribution in [1.29, 1.82) is 0 Å². The Hall–Kier alpha value is -0.0800. The second kappa shape index (κ2) is 8.10. The molecule has 1 atom stereocenters. The first-order chi connectivity index (χ1) is 7.92. The fraction of sp³-hybridized carbons (Fsp3) is 1.00. The predicted molar refractivity (Wildman–Crippen MR) is 78.2 cm³/mol. The lowest BCUT2D eigenvalue weighted by Crippen LogP contribution is -2.53. The van der Waals surface area contributed by atoms with Crippen LogP contribution in [-0.4, -0.2) is 18.6 Å². The van der Waals surface area contributed by atoms with Gasteiger partial charge in [-0.2, -0.15) is 0 Å². The molecule has 0 heterocycles. The van der Waals surface area contributed by atoms with E-state index in [9.17, 15) is 0 Å². The first kappa shape index (κ1) is 16.9. The van der Waals surface area contributed by atoms with Gasteiger partial charge in [0.25, 0.3) is 0 Å². The number of hydrogen-bond donors (Lipinski definition) is 2. The van der Waals surface area contributed by atoms with Crippen LogP contribution in [0.4, 0.5) is 0 Å². The van der Waals surface area contributed by atoms with E-state index in [4.69, 9.17) is 5.73 Å². The molecule has 0 aliphatic heterocycles. The summed E-state index contributed by atoms with van der Waals surface area (Å²) < 4.78 is 0. The molecule has 0 aliphatic carbocycles. The maximum atomic E-state index is 5.98. The van der Waals surface area contributed by atoms with Gasteiger partial charge in [-0.05, 0) is 37.1 Å². The highest BCUT2D eigenvalue weighted by Gasteiger charge is 2.27. The molecule has 1 unspecified atom stereocenters. The Morgan fingerprint density at radius 1 is 1.06 bits per heavy atom. The molecule has 0 bridgehead atoms. The van der Waals surface area contributed by atoms with Crippen molar-refractivity contribution in [3.05, 3.63) is 0 Å². The SMILES string of the molecule is CCCC(CC)(CN)NCC(C(C)C)C(C)C. The minimum Gasteiger partial charge on any atom is -0.329 e. The summed E-state index contributed by atoms with van der Waals surface area (Å²) in [7, 11) is 0. The highest BCUT2D eigenvalue weighted by molar-refractivity contribution is 4.88. The van der Waals surface area contributed by atoms with Crippen LogP contribution in [0.15, 0.2) is 0 Å². The van der Waals surface area contributed by atoms with Crippen LogP contribution in [0, 0.1) is 17.8 Å². The van der Waals surface area contributed by atoms with Crippen LogP contribution in [0.25, 0.3) is 0 Å². The summed E-state index contributed by atoms with van der Waals surface area (Å²) in [5, 5.41) is 3.77. The van der Waals surface area contributed by atoms with Gasteiger partial charge in [-0.25, -0.2) is 0 Å². The second-order valence-electron chi connectivity index (χ2n) is 6.12. The van der Waals surface area contributed by atoms with Gasteiger partial charge in [-0.15, -0.1) is 0 Å². The van der Waals surface area contributed by atoms with Gasteiger partial charge in [0, 0.05) is 12.1 Å². The third-order valence-electron chi connectivity index (χ3n) is 4.22. The maximum Gasteiger partial charge on any atom is 0.0301 e. The monoisotopic (exact) mass is 242 g/mol. The molecule has 104 valence electrons. The lowest BCUT2D eigenvalue weighted by atomic mass is 9.83. The van der Waals surface area contributed by atoms with Gasteiger partial charge in [0.15, 0.2) is 0 Å². The van der Waals surface area contributed by atoms with Gasteiger partial charge in [-0.3, -0.25) is 0 Å². The predicted octanol–water partition coefficient (Wildman–Crippen LogP) is 3.41. The third-order valence-corrected chi connectivity index (χ3v) is 4.22. The highest BCUT2D eigenvalue weighted by Crippen LogP contribution is 2.22. The number of hydrogen-bond acceptors (Lipinski definition) is 2. The first-order valence-corrected chi connectivity index (χ1v) is 7.37. The van der Waals surface area contributed by atoms with Crippen molar-refractivity contribution in [2.75, 3.05) is 13.1 Å². The van der Waals surface area contributed by atoms with Crippen LogP contribution in [0.1, 0.15) is 60.8 Å². The summed E-state index contributed by atoms with van der Waals surface area (Å²) in [5.41, 5.74) is 6.14. The molecule has 0 aromatic carbocycles. The fourth-order valence-electron chi connectivity index (χ4n) is 2.76. The van der Waals surface area contributed by atoms with Gasteiger partial charge >= 0.3 is 0 Å². The van der Waals surface area contributed by atoms with Crippen molar-refractivity contribution >= 4 is 0 Å². The van der Waals surface area contributed by atoms with Gasteiger partial charge in [0.05, 0.1) is 0 Å². The molecule has 0 spiro atoms. The lowest BCUT2D eigenvalue weighted by molar-refractivity contribution is 0.218. The number of rotatable bonds is 9. The minimum atomic E-state index is 0.163. The molecule has 0 aliphatic rings. The summed E-state index contributed by atoms with van der Waals surface area (Å²) in [5.74, 6) is 2.21. The van der Waals surface area contributed by atoms with E-state index in [1.165, 1.54) is 12.8 Å². The number of nitrogens with one attached hydrogen (secondary N) is 1. The van der Waals surface area contributed by atoms with E-state index >= 15 is 0 Å². The molecule has 0 aromatic rings. The Balaban J connectivity index is 4.46. The molecule has 17 heavy (non-hydrogen) atoms. The molecular weight excluding hydrogens is 208 g/mol. The minimum absolute atomic E-state index is 0.163. The van der Waals surface area contributed by atoms with Gasteiger partial charge in [-0.1, -0.05) is 48.0 Å². The molecular formula is C15H34N2. The fourth-order valence-corrected chi connectivity index (χ4v) is 2.76. The smallest absolute Gasteiger partial charge is 0.0301 e. The molecule has 0 saturated heterocycles. The summed E-state index contributed by atoms with van der Waals surface area (Å²) in [4.78, 5) is 0. The summed E-state index contributed by atoms with van der Waals surface area (Å²) in [6.07, 6.45) is 3.51. The molecule has 0 fully saturated rings. The van der Waals surface area contributed by atoms with Crippen LogP contribution in [0.2, 0.25) is 0 Å². The zero-order chi connectivity index (χ0) is 13.5. The van der Waals surface area contributed by atoms with Crippen LogP contribution in [0.3, 0.4) is 0 Å². The van der Waals surface area contributed by atoms with Gasteiger partial charge in [0.1, 0.15) is 0 Å². The topological polar surface area (TPSA) is 38.0 Å². The van der Waals surface area contributed by atoms with Crippen molar-refractivity contribution < 1.29 is 0 Å². The molecule has 0 aromatic heterocycles. The first-order valence-electron chi connectivity index (χ1n) is 7.37. The molecule has 0 rings (SSSR count). The maximum absolute atomic E-state index is 5.98. The Kier molecular flexibility index (Phi) is 8.06. The summed E-state index contributed by atoms with van der Waals surface area (Å²) in [6, 6.07) is 0. The average Bonchev–Trinajstić information content (AvgIpc) is 2.27. The average molecular weight is 242 g/mol. The lowest BCUT2D eigenvalue weighted by Gasteiger charge is -2.36. The Morgan fingerprint density at radius 2 is 1.59 bits per heavy atom. The van der Waals surface area contributed by atoms with Crippen molar-refractivity contribution in [3.63, 3.8) is 0 Å². The standard InChI is InChI=1S/C15H34N2/c1-7-9-15(8-2,11-16)17-10-14(12(3)4)13(5)6/h12-14,17H,7-11,16H2,1-6H3. The normalized spacial score (nSPS) is 15.9. The Labute approximate surface area is 109 Å². The Bertz CT molecular complexity index is 175. The molecule has 3 N–H and O–H groups in total. The molecule has 2 heteroatoms. The van der Waals surface area contributed by atoms with Crippen molar-refractivity contribution in [1.82, 2.24) is 5.32 Å². The quantitative estimate of drug-likeness (QED) is 0.650. The second-order valence-corrected chi connectivity index (χ2v) is 6.12. The van der Waals surface area contributed by atoms with E-state index in [2.05, 4.69) is 46.9 Å². The van der Waals surface area contributed by atoms with E-state index < -0.39 is 0 Å². The van der Waals surface area contributed by atoms with E-state index in [0.29, 0.717) is 0 Å². The van der Waals surface area contributed by atoms with E-state index in [1.807, 2.05) is 0 Å². The van der Waals surface area contributed by atoms with E-state index in [0.717, 1.165) is 37.3 Å². The summed E-state index contributed by atoms with van der Waals surface area (Å²) in [6.45, 7) is 15.6. The molecule has 0 amide bonds. The molecule has 0 saturated carbocycles. The zero-order valence-electron chi connectivity index (χ0n) is 12.8. The largest absolute Gasteiger partial charge is 0.329 e. The van der Waals surface area contributed by atoms with E-state index in [1.54, 1.807) is 0 Å². The van der Waals surface area contributed by atoms with Gasteiger partial charge in [0.2, 0.25) is 0 Å². The number of nitrogens with two attached hydrogens (primary N) is 1. The molecule has 0 radical (unpaired) electrons. The van der Waals surface area contributed by atoms with Gasteiger partial charge < -0.3 is 11.1 Å².